The molecule has 2 atom stereocenters. The molecule has 4 heterocycles. The topological polar surface area (TPSA) is 130 Å². The maximum atomic E-state index is 15.0. The maximum Gasteiger partial charge on any atom is 0.407 e. The van der Waals surface area contributed by atoms with Gasteiger partial charge in [-0.3, -0.25) is 4.79 Å². The van der Waals surface area contributed by atoms with Crippen LogP contribution in [0.1, 0.15) is 80.7 Å². The van der Waals surface area contributed by atoms with E-state index in [1.165, 1.54) is 18.5 Å². The highest BCUT2D eigenvalue weighted by Crippen LogP contribution is 2.33. The first kappa shape index (κ1) is 33.9. The van der Waals surface area contributed by atoms with Crippen molar-refractivity contribution >= 4 is 24.0 Å². The molecule has 3 aromatic rings. The number of hydrogen-bond acceptors (Lipinski definition) is 10. The summed E-state index contributed by atoms with van der Waals surface area (Å²) in [5.74, 6) is -4.50. The van der Waals surface area contributed by atoms with E-state index >= 15 is 4.39 Å². The van der Waals surface area contributed by atoms with Gasteiger partial charge in [-0.1, -0.05) is 22.9 Å². The molecule has 0 unspecified atom stereocenters. The number of halogens is 3. The second kappa shape index (κ2) is 13.4. The Bertz CT molecular complexity index is 1570. The molecule has 2 saturated heterocycles. The molecule has 12 nitrogen and oxygen atoms in total. The molecule has 1 N–H and O–H groups in total. The number of carbonyl (C=O) groups is 2. The number of ether oxygens (including phenoxy) is 1. The van der Waals surface area contributed by atoms with Gasteiger partial charge in [-0.05, 0) is 59.1 Å². The fourth-order valence-electron chi connectivity index (χ4n) is 6.05. The minimum absolute atomic E-state index is 0.0381. The molecule has 0 aliphatic carbocycles. The third kappa shape index (κ3) is 7.93. The summed E-state index contributed by atoms with van der Waals surface area (Å²) in [6.45, 7) is 11.8. The second-order valence-corrected chi connectivity index (χ2v) is 13.2. The Kier molecular flexibility index (Phi) is 9.64. The van der Waals surface area contributed by atoms with Gasteiger partial charge in [-0.15, -0.1) is 0 Å². The highest BCUT2D eigenvalue weighted by molar-refractivity contribution is 5.94. The van der Waals surface area contributed by atoms with Crippen LogP contribution in [0.3, 0.4) is 0 Å². The summed E-state index contributed by atoms with van der Waals surface area (Å²) in [6.07, 6.45) is 3.51. The van der Waals surface area contributed by atoms with E-state index in [2.05, 4.69) is 25.4 Å². The molecule has 0 spiro atoms. The number of amides is 2. The molecule has 2 aliphatic rings. The fourth-order valence-corrected chi connectivity index (χ4v) is 6.05. The van der Waals surface area contributed by atoms with Crippen LogP contribution in [0.4, 0.5) is 29.9 Å². The molecule has 5 rings (SSSR count). The van der Waals surface area contributed by atoms with Crippen molar-refractivity contribution in [3.63, 3.8) is 0 Å². The quantitative estimate of drug-likeness (QED) is 0.351. The first-order valence-corrected chi connectivity index (χ1v) is 15.7. The molecule has 2 fully saturated rings. The number of nitrogens with one attached hydrogen (secondary N) is 1. The van der Waals surface area contributed by atoms with Crippen molar-refractivity contribution in [2.24, 2.45) is 0 Å². The van der Waals surface area contributed by atoms with Crippen LogP contribution in [0.5, 0.6) is 0 Å². The predicted molar refractivity (Wildman–Crippen MR) is 167 cm³/mol. The number of anilines is 2. The Balaban J connectivity index is 1.26. The monoisotopic (exact) mass is 658 g/mol. The van der Waals surface area contributed by atoms with Crippen molar-refractivity contribution in [1.29, 1.82) is 0 Å². The van der Waals surface area contributed by atoms with Gasteiger partial charge in [-0.25, -0.2) is 19.2 Å². The van der Waals surface area contributed by atoms with Crippen LogP contribution >= 0.6 is 0 Å². The van der Waals surface area contributed by atoms with Crippen molar-refractivity contribution < 1.29 is 32.0 Å². The first-order valence-electron chi connectivity index (χ1n) is 15.7. The molecule has 0 bridgehead atoms. The van der Waals surface area contributed by atoms with Crippen molar-refractivity contribution in [3.8, 4) is 0 Å². The Labute approximate surface area is 271 Å². The van der Waals surface area contributed by atoms with E-state index in [1.54, 1.807) is 42.7 Å². The smallest absolute Gasteiger partial charge is 0.407 e. The molecular weight excluding hydrogens is 617 g/mol. The van der Waals surface area contributed by atoms with Gasteiger partial charge in [0, 0.05) is 64.0 Å². The summed E-state index contributed by atoms with van der Waals surface area (Å²) in [4.78, 5) is 44.4. The summed E-state index contributed by atoms with van der Waals surface area (Å²) in [5, 5.41) is 6.30. The number of aromatic nitrogens is 4. The van der Waals surface area contributed by atoms with Crippen LogP contribution < -0.4 is 15.1 Å². The molecule has 254 valence electrons. The lowest BCUT2D eigenvalue weighted by Gasteiger charge is -2.37. The van der Waals surface area contributed by atoms with Crippen LogP contribution in [0.2, 0.25) is 0 Å². The second-order valence-electron chi connectivity index (χ2n) is 13.2. The van der Waals surface area contributed by atoms with Gasteiger partial charge in [0.05, 0.1) is 11.6 Å². The molecule has 2 amide bonds. The largest absolute Gasteiger partial charge is 0.444 e. The Hall–Kier alpha value is -4.43. The summed E-state index contributed by atoms with van der Waals surface area (Å²) in [6, 6.07) is 4.36. The zero-order valence-electron chi connectivity index (χ0n) is 27.5. The first-order chi connectivity index (χ1) is 22.1. The SMILES string of the molecule is CCN(C(=O)c1cnc(N2C[C@H](NC(=O)OC(C)(C)C)[C@@H](c3cc(C)ccc3F)C2)nc1)C1CCN(c2nc(C(C)(F)F)no2)CC1. The minimum atomic E-state index is -3.20. The van der Waals surface area contributed by atoms with Gasteiger partial charge >= 0.3 is 18.0 Å². The molecule has 0 radical (unpaired) electrons. The minimum Gasteiger partial charge on any atom is -0.444 e. The number of piperidine rings is 1. The number of benzene rings is 1. The van der Waals surface area contributed by atoms with Gasteiger partial charge in [0.2, 0.25) is 11.8 Å². The van der Waals surface area contributed by atoms with Gasteiger partial charge in [-0.2, -0.15) is 13.8 Å². The number of aryl methyl sites for hydroxylation is 1. The third-order valence-electron chi connectivity index (χ3n) is 8.33. The van der Waals surface area contributed by atoms with Crippen LogP contribution in [-0.4, -0.2) is 87.4 Å². The van der Waals surface area contributed by atoms with Crippen LogP contribution in [0.25, 0.3) is 0 Å². The van der Waals surface area contributed by atoms with Crippen LogP contribution in [0, 0.1) is 12.7 Å². The Morgan fingerprint density at radius 2 is 1.77 bits per heavy atom. The summed E-state index contributed by atoms with van der Waals surface area (Å²) in [5.41, 5.74) is 0.988. The number of nitrogens with zero attached hydrogens (tertiary/aromatic N) is 7. The molecule has 2 aliphatic heterocycles. The number of hydrogen-bond donors (Lipinski definition) is 1. The summed E-state index contributed by atoms with van der Waals surface area (Å²) in [7, 11) is 0. The number of rotatable bonds is 8. The molecule has 1 aromatic carbocycles. The van der Waals surface area contributed by atoms with Gasteiger partial charge in [0.15, 0.2) is 0 Å². The van der Waals surface area contributed by atoms with Crippen molar-refractivity contribution in [1.82, 2.24) is 30.3 Å². The van der Waals surface area contributed by atoms with Gasteiger partial charge in [0.1, 0.15) is 11.4 Å². The number of alkyl carbamates (subject to hydrolysis) is 1. The van der Waals surface area contributed by atoms with E-state index in [0.717, 1.165) is 5.56 Å². The van der Waals surface area contributed by atoms with E-state index in [0.29, 0.717) is 69.6 Å². The zero-order chi connectivity index (χ0) is 34.1. The summed E-state index contributed by atoms with van der Waals surface area (Å²) < 4.78 is 52.6. The van der Waals surface area contributed by atoms with Crippen molar-refractivity contribution in [3.05, 3.63) is 58.9 Å². The average molecular weight is 659 g/mol. The Morgan fingerprint density at radius 3 is 2.36 bits per heavy atom. The van der Waals surface area contributed by atoms with Crippen molar-refractivity contribution in [2.45, 2.75) is 83.9 Å². The van der Waals surface area contributed by atoms with E-state index in [1.807, 2.05) is 18.7 Å². The lowest BCUT2D eigenvalue weighted by Crippen LogP contribution is -2.47. The normalized spacial score (nSPS) is 19.2. The van der Waals surface area contributed by atoms with Crippen LogP contribution in [-0.2, 0) is 10.7 Å². The number of alkyl halides is 2. The lowest BCUT2D eigenvalue weighted by atomic mass is 9.92. The van der Waals surface area contributed by atoms with E-state index in [4.69, 9.17) is 9.26 Å². The average Bonchev–Trinajstić information content (AvgIpc) is 3.67. The van der Waals surface area contributed by atoms with Crippen LogP contribution in [0.15, 0.2) is 35.1 Å². The maximum absolute atomic E-state index is 15.0. The molecule has 15 heteroatoms. The van der Waals surface area contributed by atoms with E-state index in [-0.39, 0.29) is 23.8 Å². The molecular formula is C32H41F3N8O4. The molecule has 2 aromatic heterocycles. The molecule has 47 heavy (non-hydrogen) atoms. The van der Waals surface area contributed by atoms with Gasteiger partial charge < -0.3 is 29.3 Å². The van der Waals surface area contributed by atoms with E-state index in [9.17, 15) is 18.4 Å². The fraction of sp³-hybridized carbons (Fsp3) is 0.562. The van der Waals surface area contributed by atoms with Gasteiger partial charge in [0.25, 0.3) is 5.91 Å². The third-order valence-corrected chi connectivity index (χ3v) is 8.33. The number of carbonyl (C=O) groups excluding carboxylic acids is 2. The lowest BCUT2D eigenvalue weighted by molar-refractivity contribution is 0.00557. The molecule has 0 saturated carbocycles. The van der Waals surface area contributed by atoms with Crippen molar-refractivity contribution in [2.75, 3.05) is 42.5 Å². The highest BCUT2D eigenvalue weighted by Gasteiger charge is 2.39. The Morgan fingerprint density at radius 1 is 1.09 bits per heavy atom. The van der Waals surface area contributed by atoms with E-state index < -0.39 is 35.4 Å². The summed E-state index contributed by atoms with van der Waals surface area (Å²) >= 11 is 0. The standard InChI is InChI=1S/C32H41F3N8O4/c1-7-43(21-10-12-41(13-11-21)29-39-27(40-47-29)32(6,34)35)26(44)20-15-36-28(37-16-20)42-17-23(22-14-19(2)8-9-24(22)33)25(18-42)38-30(45)46-31(3,4)5/h8-9,14-16,21,23,25H,7,10-13,17-18H2,1-6H3,(H,38,45)/t23-,25+/m1/s1. The zero-order valence-corrected chi connectivity index (χ0v) is 27.5. The predicted octanol–water partition coefficient (Wildman–Crippen LogP) is 5.05. The highest BCUT2D eigenvalue weighted by atomic mass is 19.3.